The third-order valence-electron chi connectivity index (χ3n) is 2.92. The topological polar surface area (TPSA) is 43.6 Å². The van der Waals surface area contributed by atoms with Crippen molar-refractivity contribution in [2.75, 3.05) is 0 Å². The summed E-state index contributed by atoms with van der Waals surface area (Å²) in [6, 6.07) is 7.93. The summed E-state index contributed by atoms with van der Waals surface area (Å²) in [7, 11) is 1.77. The molecule has 3 rings (SSSR count). The summed E-state index contributed by atoms with van der Waals surface area (Å²) in [5.74, 6) is 0. The van der Waals surface area contributed by atoms with Crippen molar-refractivity contribution >= 4 is 22.5 Å². The molecule has 90 valence electrons. The van der Waals surface area contributed by atoms with E-state index in [9.17, 15) is 0 Å². The Labute approximate surface area is 109 Å². The second kappa shape index (κ2) is 4.07. The molecule has 5 heteroatoms. The average molecular weight is 259 g/mol. The molecule has 0 aliphatic heterocycles. The van der Waals surface area contributed by atoms with Crippen LogP contribution in [0.4, 0.5) is 0 Å². The highest BCUT2D eigenvalue weighted by atomic mass is 35.5. The van der Waals surface area contributed by atoms with Crippen molar-refractivity contribution in [1.82, 2.24) is 20.0 Å². The van der Waals surface area contributed by atoms with Crippen LogP contribution in [-0.2, 0) is 7.05 Å². The molecule has 1 aromatic carbocycles. The first kappa shape index (κ1) is 11.2. The van der Waals surface area contributed by atoms with E-state index in [-0.39, 0.29) is 0 Å². The first-order chi connectivity index (χ1) is 8.66. The number of halogens is 1. The molecule has 0 radical (unpaired) electrons. The molecule has 0 amide bonds. The lowest BCUT2D eigenvalue weighted by Crippen LogP contribution is -1.94. The van der Waals surface area contributed by atoms with Crippen LogP contribution in [0.5, 0.6) is 0 Å². The van der Waals surface area contributed by atoms with Crippen molar-refractivity contribution in [3.8, 4) is 11.4 Å². The van der Waals surface area contributed by atoms with Gasteiger partial charge in [-0.05, 0) is 18.6 Å². The van der Waals surface area contributed by atoms with Crippen LogP contribution in [0, 0.1) is 6.92 Å². The zero-order valence-electron chi connectivity index (χ0n) is 10.1. The Kier molecular flexibility index (Phi) is 2.52. The highest BCUT2D eigenvalue weighted by Gasteiger charge is 2.14. The van der Waals surface area contributed by atoms with Crippen LogP contribution in [0.25, 0.3) is 22.3 Å². The van der Waals surface area contributed by atoms with Crippen LogP contribution < -0.4 is 0 Å². The fraction of sp³-hybridized carbons (Fsp3) is 0.154. The number of pyridine rings is 1. The molecular weight excluding hydrogens is 248 g/mol. The van der Waals surface area contributed by atoms with E-state index in [0.717, 1.165) is 16.5 Å². The fourth-order valence-corrected chi connectivity index (χ4v) is 2.22. The van der Waals surface area contributed by atoms with Crippen LogP contribution >= 0.6 is 11.6 Å². The van der Waals surface area contributed by atoms with E-state index in [2.05, 4.69) is 15.2 Å². The van der Waals surface area contributed by atoms with E-state index in [1.165, 1.54) is 4.80 Å². The number of aromatic nitrogens is 4. The molecule has 0 N–H and O–H groups in total. The molecule has 18 heavy (non-hydrogen) atoms. The van der Waals surface area contributed by atoms with E-state index in [1.54, 1.807) is 13.2 Å². The van der Waals surface area contributed by atoms with Gasteiger partial charge in [0.1, 0.15) is 11.4 Å². The lowest BCUT2D eigenvalue weighted by Gasteiger charge is -2.07. The van der Waals surface area contributed by atoms with Crippen molar-refractivity contribution in [1.29, 1.82) is 0 Å². The van der Waals surface area contributed by atoms with Crippen molar-refractivity contribution in [2.24, 2.45) is 7.05 Å². The van der Waals surface area contributed by atoms with Crippen LogP contribution in [0.3, 0.4) is 0 Å². The minimum Gasteiger partial charge on any atom is -0.244 e. The Hall–Kier alpha value is -1.94. The minimum absolute atomic E-state index is 0.634. The van der Waals surface area contributed by atoms with Gasteiger partial charge in [0, 0.05) is 12.4 Å². The minimum atomic E-state index is 0.634. The Bertz CT molecular complexity index is 733. The quantitative estimate of drug-likeness (QED) is 0.674. The standard InChI is InChI=1S/C13H11ClN4/c1-8-9-5-3-4-6-10(9)16-13(12(8)14)11-7-15-18(2)17-11/h3-7H,1-2H3. The monoisotopic (exact) mass is 258 g/mol. The molecule has 0 saturated carbocycles. The lowest BCUT2D eigenvalue weighted by atomic mass is 10.1. The first-order valence-corrected chi connectivity index (χ1v) is 5.96. The Balaban J connectivity index is 2.33. The van der Waals surface area contributed by atoms with Gasteiger partial charge in [0.25, 0.3) is 0 Å². The fourth-order valence-electron chi connectivity index (χ4n) is 1.98. The number of para-hydroxylation sites is 1. The molecule has 0 bridgehead atoms. The van der Waals surface area contributed by atoms with Crippen molar-refractivity contribution in [2.45, 2.75) is 6.92 Å². The SMILES string of the molecule is Cc1c(Cl)c(-c2cnn(C)n2)nc2ccccc12. The van der Waals surface area contributed by atoms with E-state index in [0.29, 0.717) is 16.4 Å². The predicted molar refractivity (Wildman–Crippen MR) is 71.5 cm³/mol. The van der Waals surface area contributed by atoms with Gasteiger partial charge in [-0.25, -0.2) is 4.98 Å². The van der Waals surface area contributed by atoms with Crippen molar-refractivity contribution in [3.63, 3.8) is 0 Å². The summed E-state index contributed by atoms with van der Waals surface area (Å²) in [5.41, 5.74) is 3.31. The van der Waals surface area contributed by atoms with Crippen LogP contribution in [0.2, 0.25) is 5.02 Å². The maximum absolute atomic E-state index is 6.38. The molecule has 0 atom stereocenters. The third-order valence-corrected chi connectivity index (χ3v) is 3.38. The van der Waals surface area contributed by atoms with Gasteiger partial charge >= 0.3 is 0 Å². The molecule has 2 heterocycles. The van der Waals surface area contributed by atoms with Gasteiger partial charge in [0.05, 0.1) is 16.7 Å². The van der Waals surface area contributed by atoms with Crippen LogP contribution in [0.15, 0.2) is 30.5 Å². The Morgan fingerprint density at radius 2 is 2.00 bits per heavy atom. The van der Waals surface area contributed by atoms with Gasteiger partial charge in [-0.2, -0.15) is 15.0 Å². The summed E-state index contributed by atoms with van der Waals surface area (Å²) < 4.78 is 0. The number of aryl methyl sites for hydroxylation is 2. The van der Waals surface area contributed by atoms with Gasteiger partial charge < -0.3 is 0 Å². The maximum Gasteiger partial charge on any atom is 0.132 e. The molecule has 0 fully saturated rings. The summed E-state index contributed by atoms with van der Waals surface area (Å²) in [4.78, 5) is 6.07. The number of hydrogen-bond donors (Lipinski definition) is 0. The molecule has 0 aliphatic rings. The summed E-state index contributed by atoms with van der Waals surface area (Å²) in [5, 5.41) is 10.00. The van der Waals surface area contributed by atoms with Crippen LogP contribution in [-0.4, -0.2) is 20.0 Å². The average Bonchev–Trinajstić information content (AvgIpc) is 2.80. The van der Waals surface area contributed by atoms with E-state index in [1.807, 2.05) is 31.2 Å². The van der Waals surface area contributed by atoms with Gasteiger partial charge in [-0.3, -0.25) is 0 Å². The summed E-state index contributed by atoms with van der Waals surface area (Å²) in [6.45, 7) is 1.99. The molecule has 2 aromatic heterocycles. The Morgan fingerprint density at radius 3 is 2.72 bits per heavy atom. The largest absolute Gasteiger partial charge is 0.244 e. The molecule has 4 nitrogen and oxygen atoms in total. The maximum atomic E-state index is 6.38. The van der Waals surface area contributed by atoms with Crippen molar-refractivity contribution < 1.29 is 0 Å². The van der Waals surface area contributed by atoms with Gasteiger partial charge in [0.2, 0.25) is 0 Å². The lowest BCUT2D eigenvalue weighted by molar-refractivity contribution is 0.655. The second-order valence-corrected chi connectivity index (χ2v) is 4.51. The van der Waals surface area contributed by atoms with Crippen LogP contribution in [0.1, 0.15) is 5.56 Å². The number of hydrogen-bond acceptors (Lipinski definition) is 3. The number of fused-ring (bicyclic) bond motifs is 1. The zero-order valence-corrected chi connectivity index (χ0v) is 10.8. The summed E-state index contributed by atoms with van der Waals surface area (Å²) >= 11 is 6.38. The van der Waals surface area contributed by atoms with Gasteiger partial charge in [0.15, 0.2) is 0 Å². The van der Waals surface area contributed by atoms with E-state index in [4.69, 9.17) is 11.6 Å². The second-order valence-electron chi connectivity index (χ2n) is 4.14. The summed E-state index contributed by atoms with van der Waals surface area (Å²) in [6.07, 6.45) is 1.67. The number of rotatable bonds is 1. The molecule has 0 spiro atoms. The molecule has 0 aliphatic carbocycles. The highest BCUT2D eigenvalue weighted by molar-refractivity contribution is 6.34. The molecule has 3 aromatic rings. The molecular formula is C13H11ClN4. The number of nitrogens with zero attached hydrogens (tertiary/aromatic N) is 4. The molecule has 0 unspecified atom stereocenters. The normalized spacial score (nSPS) is 11.1. The smallest absolute Gasteiger partial charge is 0.132 e. The number of benzene rings is 1. The van der Waals surface area contributed by atoms with E-state index < -0.39 is 0 Å². The van der Waals surface area contributed by atoms with Gasteiger partial charge in [-0.15, -0.1) is 0 Å². The molecule has 0 saturated heterocycles. The zero-order chi connectivity index (χ0) is 12.7. The third kappa shape index (κ3) is 1.66. The predicted octanol–water partition coefficient (Wildman–Crippen LogP) is 2.99. The first-order valence-electron chi connectivity index (χ1n) is 5.58. The van der Waals surface area contributed by atoms with E-state index >= 15 is 0 Å². The Morgan fingerprint density at radius 1 is 1.22 bits per heavy atom. The van der Waals surface area contributed by atoms with Crippen molar-refractivity contribution in [3.05, 3.63) is 41.0 Å². The highest BCUT2D eigenvalue weighted by Crippen LogP contribution is 2.31. The van der Waals surface area contributed by atoms with Gasteiger partial charge in [-0.1, -0.05) is 29.8 Å².